The molecule has 8 nitrogen and oxygen atoms in total. The number of carboxylic acids is 1. The Labute approximate surface area is 234 Å². The predicted octanol–water partition coefficient (Wildman–Crippen LogP) is 5.02. The highest BCUT2D eigenvalue weighted by Crippen LogP contribution is 2.44. The normalized spacial score (nSPS) is 14.7. The van der Waals surface area contributed by atoms with Crippen molar-refractivity contribution in [2.24, 2.45) is 0 Å². The Morgan fingerprint density at radius 3 is 2.00 bits per heavy atom. The molecular weight excluding hydrogens is 541 g/mol. The third-order valence-electron chi connectivity index (χ3n) is 6.83. The Hall–Kier alpha value is -4.38. The molecule has 3 aromatic carbocycles. The van der Waals surface area contributed by atoms with E-state index in [1.807, 2.05) is 48.5 Å². The minimum atomic E-state index is -5.00. The zero-order valence-corrected chi connectivity index (χ0v) is 22.1. The molecule has 1 aliphatic rings. The van der Waals surface area contributed by atoms with Crippen LogP contribution in [0, 0.1) is 0 Å². The molecule has 0 radical (unpaired) electrons. The van der Waals surface area contributed by atoms with Gasteiger partial charge in [-0.1, -0.05) is 78.9 Å². The van der Waals surface area contributed by atoms with Gasteiger partial charge in [0, 0.05) is 5.92 Å². The molecule has 0 saturated heterocycles. The highest BCUT2D eigenvalue weighted by Gasteiger charge is 2.43. The Balaban J connectivity index is 1.35. The molecule has 11 heteroatoms. The lowest BCUT2D eigenvalue weighted by Crippen LogP contribution is -2.52. The lowest BCUT2D eigenvalue weighted by molar-refractivity contribution is -0.161. The number of carbonyl (C=O) groups is 3. The lowest BCUT2D eigenvalue weighted by Gasteiger charge is -2.25. The summed E-state index contributed by atoms with van der Waals surface area (Å²) in [6, 6.07) is 19.6. The van der Waals surface area contributed by atoms with Gasteiger partial charge in [-0.3, -0.25) is 4.79 Å². The second-order valence-corrected chi connectivity index (χ2v) is 9.65. The minimum Gasteiger partial charge on any atom is -0.480 e. The molecule has 41 heavy (non-hydrogen) atoms. The van der Waals surface area contributed by atoms with Crippen molar-refractivity contribution < 1.29 is 42.1 Å². The molecule has 0 bridgehead atoms. The van der Waals surface area contributed by atoms with Crippen LogP contribution in [-0.4, -0.2) is 54.0 Å². The van der Waals surface area contributed by atoms with Crippen molar-refractivity contribution in [2.45, 2.75) is 50.2 Å². The highest BCUT2D eigenvalue weighted by molar-refractivity contribution is 5.85. The standard InChI is InChI=1S/C30H29F3N2O6/c1-18(40-16-19-9-3-2-4-10-19)27(28(37)38)35-26(36)15-25(30(31,32)33)34-29(39)41-17-24-22-13-7-5-11-20(22)21-12-6-8-14-23(21)24/h2-14,18,24-25,27H,15-17H2,1H3,(H,34,39)(H,35,36)(H,37,38)/t18-,25?,27+/m1/s1. The van der Waals surface area contributed by atoms with Gasteiger partial charge >= 0.3 is 18.2 Å². The van der Waals surface area contributed by atoms with E-state index in [0.29, 0.717) is 0 Å². The molecule has 3 aromatic rings. The third-order valence-corrected chi connectivity index (χ3v) is 6.83. The summed E-state index contributed by atoms with van der Waals surface area (Å²) in [6.07, 6.45) is -8.66. The molecule has 3 N–H and O–H groups in total. The van der Waals surface area contributed by atoms with E-state index in [0.717, 1.165) is 27.8 Å². The van der Waals surface area contributed by atoms with Gasteiger partial charge in [0.1, 0.15) is 12.6 Å². The van der Waals surface area contributed by atoms with Crippen LogP contribution in [0.3, 0.4) is 0 Å². The molecule has 1 unspecified atom stereocenters. The third kappa shape index (κ3) is 7.43. The Morgan fingerprint density at radius 2 is 1.44 bits per heavy atom. The molecule has 4 rings (SSSR count). The Bertz CT molecular complexity index is 1340. The van der Waals surface area contributed by atoms with Gasteiger partial charge in [-0.25, -0.2) is 9.59 Å². The summed E-state index contributed by atoms with van der Waals surface area (Å²) in [5.74, 6) is -3.07. The van der Waals surface area contributed by atoms with E-state index in [9.17, 15) is 32.7 Å². The summed E-state index contributed by atoms with van der Waals surface area (Å²) in [5, 5.41) is 13.3. The van der Waals surface area contributed by atoms with E-state index in [1.165, 1.54) is 6.92 Å². The van der Waals surface area contributed by atoms with Crippen molar-refractivity contribution in [1.82, 2.24) is 10.6 Å². The minimum absolute atomic E-state index is 0.0379. The Morgan fingerprint density at radius 1 is 0.878 bits per heavy atom. The second-order valence-electron chi connectivity index (χ2n) is 9.65. The monoisotopic (exact) mass is 570 g/mol. The predicted molar refractivity (Wildman–Crippen MR) is 143 cm³/mol. The number of hydrogen-bond acceptors (Lipinski definition) is 5. The van der Waals surface area contributed by atoms with Gasteiger partial charge in [-0.05, 0) is 34.7 Å². The van der Waals surface area contributed by atoms with Crippen molar-refractivity contribution in [3.63, 3.8) is 0 Å². The largest absolute Gasteiger partial charge is 0.480 e. The first-order chi connectivity index (χ1) is 19.5. The Kier molecular flexibility index (Phi) is 9.28. The van der Waals surface area contributed by atoms with Gasteiger partial charge in [-0.2, -0.15) is 13.2 Å². The first-order valence-corrected chi connectivity index (χ1v) is 12.9. The first kappa shape index (κ1) is 29.6. The molecule has 2 amide bonds. The lowest BCUT2D eigenvalue weighted by atomic mass is 9.98. The van der Waals surface area contributed by atoms with Gasteiger partial charge in [0.05, 0.1) is 19.1 Å². The van der Waals surface area contributed by atoms with Crippen LogP contribution in [-0.2, 0) is 25.7 Å². The van der Waals surface area contributed by atoms with E-state index in [2.05, 4.69) is 5.32 Å². The number of fused-ring (bicyclic) bond motifs is 3. The number of carboxylic acid groups (broad SMARTS) is 1. The number of rotatable bonds is 11. The van der Waals surface area contributed by atoms with Gasteiger partial charge in [0.25, 0.3) is 0 Å². The molecule has 0 saturated carbocycles. The van der Waals surface area contributed by atoms with Crippen LogP contribution in [0.25, 0.3) is 11.1 Å². The fraction of sp³-hybridized carbons (Fsp3) is 0.300. The molecule has 0 spiro atoms. The molecule has 0 aromatic heterocycles. The fourth-order valence-electron chi connectivity index (χ4n) is 4.73. The van der Waals surface area contributed by atoms with Crippen LogP contribution in [0.5, 0.6) is 0 Å². The summed E-state index contributed by atoms with van der Waals surface area (Å²) < 4.78 is 51.9. The van der Waals surface area contributed by atoms with Crippen LogP contribution >= 0.6 is 0 Å². The fourth-order valence-corrected chi connectivity index (χ4v) is 4.73. The zero-order chi connectivity index (χ0) is 29.6. The van der Waals surface area contributed by atoms with Crippen molar-refractivity contribution >= 4 is 18.0 Å². The van der Waals surface area contributed by atoms with Crippen LogP contribution in [0.15, 0.2) is 78.9 Å². The number of alkyl carbamates (subject to hydrolysis) is 1. The van der Waals surface area contributed by atoms with Crippen LogP contribution in [0.1, 0.15) is 36.0 Å². The molecule has 0 heterocycles. The average molecular weight is 571 g/mol. The van der Waals surface area contributed by atoms with Crippen LogP contribution in [0.4, 0.5) is 18.0 Å². The number of ether oxygens (including phenoxy) is 2. The second kappa shape index (κ2) is 12.9. The summed E-state index contributed by atoms with van der Waals surface area (Å²) in [6.45, 7) is 1.21. The summed E-state index contributed by atoms with van der Waals surface area (Å²) in [7, 11) is 0. The van der Waals surface area contributed by atoms with Gasteiger partial charge in [0.15, 0.2) is 6.04 Å². The van der Waals surface area contributed by atoms with Crippen LogP contribution < -0.4 is 10.6 Å². The van der Waals surface area contributed by atoms with Crippen molar-refractivity contribution in [2.75, 3.05) is 6.61 Å². The van der Waals surface area contributed by atoms with E-state index in [1.54, 1.807) is 35.6 Å². The zero-order valence-electron chi connectivity index (χ0n) is 22.1. The summed E-state index contributed by atoms with van der Waals surface area (Å²) >= 11 is 0. The van der Waals surface area contributed by atoms with Crippen molar-refractivity contribution in [1.29, 1.82) is 0 Å². The van der Waals surface area contributed by atoms with Gasteiger partial charge in [0.2, 0.25) is 5.91 Å². The number of halogens is 3. The van der Waals surface area contributed by atoms with Crippen molar-refractivity contribution in [3.05, 3.63) is 95.6 Å². The molecular formula is C30H29F3N2O6. The highest BCUT2D eigenvalue weighted by atomic mass is 19.4. The molecule has 3 atom stereocenters. The maximum atomic E-state index is 13.7. The molecule has 0 fully saturated rings. The van der Waals surface area contributed by atoms with Crippen LogP contribution in [0.2, 0.25) is 0 Å². The van der Waals surface area contributed by atoms with Gasteiger partial charge < -0.3 is 25.2 Å². The number of carbonyl (C=O) groups excluding carboxylic acids is 2. The van der Waals surface area contributed by atoms with E-state index < -0.39 is 48.8 Å². The number of aliphatic carboxylic acids is 1. The molecule has 216 valence electrons. The molecule has 0 aliphatic heterocycles. The topological polar surface area (TPSA) is 114 Å². The number of benzene rings is 3. The number of nitrogens with one attached hydrogen (secondary N) is 2. The SMILES string of the molecule is C[C@@H](OCc1ccccc1)[C@H](NC(=O)CC(NC(=O)OCC1c2ccccc2-c2ccccc21)C(F)(F)F)C(=O)O. The van der Waals surface area contributed by atoms with E-state index in [4.69, 9.17) is 9.47 Å². The summed E-state index contributed by atoms with van der Waals surface area (Å²) in [5.41, 5.74) is 4.43. The first-order valence-electron chi connectivity index (χ1n) is 12.9. The van der Waals surface area contributed by atoms with Crippen molar-refractivity contribution in [3.8, 4) is 11.1 Å². The average Bonchev–Trinajstić information content (AvgIpc) is 3.26. The summed E-state index contributed by atoms with van der Waals surface area (Å²) in [4.78, 5) is 36.7. The maximum absolute atomic E-state index is 13.7. The number of alkyl halides is 3. The van der Waals surface area contributed by atoms with E-state index in [-0.39, 0.29) is 19.1 Å². The quantitative estimate of drug-likeness (QED) is 0.298. The van der Waals surface area contributed by atoms with Gasteiger partial charge in [-0.15, -0.1) is 0 Å². The number of hydrogen-bond donors (Lipinski definition) is 3. The molecule has 1 aliphatic carbocycles. The smallest absolute Gasteiger partial charge is 0.409 e. The number of amides is 2. The van der Waals surface area contributed by atoms with E-state index >= 15 is 0 Å². The maximum Gasteiger partial charge on any atom is 0.409 e.